The van der Waals surface area contributed by atoms with E-state index >= 15 is 0 Å². The second kappa shape index (κ2) is 7.56. The highest BCUT2D eigenvalue weighted by molar-refractivity contribution is 7.92. The fourth-order valence-corrected chi connectivity index (χ4v) is 4.62. The van der Waals surface area contributed by atoms with Crippen molar-refractivity contribution in [1.82, 2.24) is 4.90 Å². The number of sulfonamides is 1. The van der Waals surface area contributed by atoms with Gasteiger partial charge in [0.05, 0.1) is 6.26 Å². The number of ketones is 1. The van der Waals surface area contributed by atoms with Crippen LogP contribution in [0, 0.1) is 5.92 Å². The molecule has 1 amide bonds. The third-order valence-corrected chi connectivity index (χ3v) is 6.09. The Balaban J connectivity index is 1.64. The molecule has 3 rings (SSSR count). The van der Waals surface area contributed by atoms with Crippen molar-refractivity contribution in [3.05, 3.63) is 28.8 Å². The number of amides is 1. The van der Waals surface area contributed by atoms with Crippen molar-refractivity contribution in [2.75, 3.05) is 17.5 Å². The minimum atomic E-state index is -3.36. The average molecular weight is 399 g/mol. The van der Waals surface area contributed by atoms with Crippen LogP contribution in [0.3, 0.4) is 0 Å². The van der Waals surface area contributed by atoms with E-state index in [4.69, 9.17) is 11.6 Å². The summed E-state index contributed by atoms with van der Waals surface area (Å²) < 4.78 is 25.0. The molecule has 1 atom stereocenters. The summed E-state index contributed by atoms with van der Waals surface area (Å²) in [5.74, 6) is 0.316. The van der Waals surface area contributed by atoms with Crippen LogP contribution in [0.25, 0.3) is 0 Å². The fourth-order valence-electron chi connectivity index (χ4n) is 3.81. The minimum Gasteiger partial charge on any atom is -0.339 e. The lowest BCUT2D eigenvalue weighted by Gasteiger charge is -2.30. The Bertz CT molecular complexity index is 814. The van der Waals surface area contributed by atoms with E-state index < -0.39 is 10.0 Å². The van der Waals surface area contributed by atoms with Crippen LogP contribution in [0.4, 0.5) is 5.69 Å². The molecule has 1 heterocycles. The SMILES string of the molecule is CS(=O)(=O)Nc1ccc(CC2CCN(C3CCC(=O)CC3)C2=O)c(Cl)c1. The number of anilines is 1. The summed E-state index contributed by atoms with van der Waals surface area (Å²) >= 11 is 6.29. The molecule has 26 heavy (non-hydrogen) atoms. The number of benzene rings is 1. The van der Waals surface area contributed by atoms with E-state index in [9.17, 15) is 18.0 Å². The zero-order chi connectivity index (χ0) is 18.9. The van der Waals surface area contributed by atoms with Crippen LogP contribution in [0.1, 0.15) is 37.7 Å². The number of nitrogens with one attached hydrogen (secondary N) is 1. The molecule has 2 fully saturated rings. The van der Waals surface area contributed by atoms with Crippen LogP contribution in [-0.2, 0) is 26.0 Å². The maximum absolute atomic E-state index is 12.8. The molecule has 1 N–H and O–H groups in total. The molecule has 6 nitrogen and oxygen atoms in total. The molecular weight excluding hydrogens is 376 g/mol. The number of Topliss-reactive ketones (excluding diaryl/α,β-unsaturated/α-hetero) is 1. The molecule has 1 aliphatic carbocycles. The van der Waals surface area contributed by atoms with E-state index in [1.54, 1.807) is 18.2 Å². The van der Waals surface area contributed by atoms with E-state index in [-0.39, 0.29) is 17.9 Å². The van der Waals surface area contributed by atoms with Gasteiger partial charge in [-0.2, -0.15) is 0 Å². The number of halogens is 1. The third kappa shape index (κ3) is 4.57. The van der Waals surface area contributed by atoms with Gasteiger partial charge in [0.25, 0.3) is 0 Å². The van der Waals surface area contributed by atoms with Gasteiger partial charge in [-0.3, -0.25) is 14.3 Å². The van der Waals surface area contributed by atoms with Crippen LogP contribution in [0.5, 0.6) is 0 Å². The van der Waals surface area contributed by atoms with E-state index in [2.05, 4.69) is 4.72 Å². The largest absolute Gasteiger partial charge is 0.339 e. The van der Waals surface area contributed by atoms with Crippen molar-refractivity contribution in [3.8, 4) is 0 Å². The second-order valence-electron chi connectivity index (χ2n) is 7.17. The van der Waals surface area contributed by atoms with Crippen molar-refractivity contribution >= 4 is 39.0 Å². The van der Waals surface area contributed by atoms with E-state index in [0.717, 1.165) is 37.6 Å². The van der Waals surface area contributed by atoms with Crippen LogP contribution in [0.15, 0.2) is 18.2 Å². The predicted molar refractivity (Wildman–Crippen MR) is 101 cm³/mol. The lowest BCUT2D eigenvalue weighted by Crippen LogP contribution is -2.40. The number of rotatable bonds is 5. The van der Waals surface area contributed by atoms with Gasteiger partial charge in [-0.25, -0.2) is 8.42 Å². The lowest BCUT2D eigenvalue weighted by molar-refractivity contribution is -0.135. The molecule has 0 aromatic heterocycles. The summed E-state index contributed by atoms with van der Waals surface area (Å²) in [6, 6.07) is 5.18. The van der Waals surface area contributed by atoms with Gasteiger partial charge in [0, 0.05) is 42.1 Å². The highest BCUT2D eigenvalue weighted by atomic mass is 35.5. The summed E-state index contributed by atoms with van der Waals surface area (Å²) in [6.45, 7) is 0.730. The van der Waals surface area contributed by atoms with Crippen molar-refractivity contribution in [1.29, 1.82) is 0 Å². The number of hydrogen-bond acceptors (Lipinski definition) is 4. The molecule has 0 bridgehead atoms. The second-order valence-corrected chi connectivity index (χ2v) is 9.33. The van der Waals surface area contributed by atoms with Gasteiger partial charge >= 0.3 is 0 Å². The van der Waals surface area contributed by atoms with E-state index in [1.165, 1.54) is 0 Å². The Morgan fingerprint density at radius 1 is 1.19 bits per heavy atom. The molecule has 2 aliphatic rings. The maximum atomic E-state index is 12.8. The van der Waals surface area contributed by atoms with Crippen molar-refractivity contribution in [2.24, 2.45) is 5.92 Å². The third-order valence-electron chi connectivity index (χ3n) is 5.13. The maximum Gasteiger partial charge on any atom is 0.229 e. The molecule has 142 valence electrons. The number of hydrogen-bond donors (Lipinski definition) is 1. The number of carbonyl (C=O) groups is 2. The molecule has 1 aliphatic heterocycles. The van der Waals surface area contributed by atoms with Crippen LogP contribution < -0.4 is 4.72 Å². The zero-order valence-corrected chi connectivity index (χ0v) is 16.3. The average Bonchev–Trinajstić information content (AvgIpc) is 2.90. The van der Waals surface area contributed by atoms with E-state index in [0.29, 0.717) is 35.8 Å². The Labute approximate surface area is 158 Å². The molecule has 1 saturated heterocycles. The first-order chi connectivity index (χ1) is 12.2. The van der Waals surface area contributed by atoms with Crippen LogP contribution >= 0.6 is 11.6 Å². The summed E-state index contributed by atoms with van der Waals surface area (Å²) in [5, 5.41) is 0.452. The topological polar surface area (TPSA) is 83.6 Å². The number of carbonyl (C=O) groups excluding carboxylic acids is 2. The van der Waals surface area contributed by atoms with Crippen molar-refractivity contribution in [2.45, 2.75) is 44.6 Å². The standard InChI is InChI=1S/C18H23ClN2O4S/c1-26(24,25)20-14-3-2-12(17(19)11-14)10-13-8-9-21(18(13)23)15-4-6-16(22)7-5-15/h2-3,11,13,15,20H,4-10H2,1H3. The Kier molecular flexibility index (Phi) is 5.58. The molecule has 8 heteroatoms. The number of nitrogens with zero attached hydrogens (tertiary/aromatic N) is 1. The zero-order valence-electron chi connectivity index (χ0n) is 14.7. The first-order valence-corrected chi connectivity index (χ1v) is 11.1. The molecule has 1 saturated carbocycles. The van der Waals surface area contributed by atoms with Crippen molar-refractivity contribution < 1.29 is 18.0 Å². The van der Waals surface area contributed by atoms with Crippen LogP contribution in [-0.4, -0.2) is 43.9 Å². The smallest absolute Gasteiger partial charge is 0.229 e. The Hall–Kier alpha value is -1.60. The van der Waals surface area contributed by atoms with E-state index in [1.807, 2.05) is 4.90 Å². The summed E-state index contributed by atoms with van der Waals surface area (Å²) in [5.41, 5.74) is 1.25. The molecule has 1 aromatic rings. The first kappa shape index (κ1) is 19.2. The fraction of sp³-hybridized carbons (Fsp3) is 0.556. The van der Waals surface area contributed by atoms with Gasteiger partial charge in [0.1, 0.15) is 5.78 Å². The first-order valence-electron chi connectivity index (χ1n) is 8.81. The normalized spacial score (nSPS) is 22.1. The highest BCUT2D eigenvalue weighted by Gasteiger charge is 2.37. The van der Waals surface area contributed by atoms with Gasteiger partial charge in [0.2, 0.25) is 15.9 Å². The Morgan fingerprint density at radius 2 is 1.88 bits per heavy atom. The Morgan fingerprint density at radius 3 is 2.50 bits per heavy atom. The number of likely N-dealkylation sites (tertiary alicyclic amines) is 1. The van der Waals surface area contributed by atoms with Gasteiger partial charge in [0.15, 0.2) is 0 Å². The van der Waals surface area contributed by atoms with Gasteiger partial charge in [-0.15, -0.1) is 0 Å². The predicted octanol–water partition coefficient (Wildman–Crippen LogP) is 2.61. The molecule has 1 aromatic carbocycles. The molecule has 0 spiro atoms. The minimum absolute atomic E-state index is 0.112. The quantitative estimate of drug-likeness (QED) is 0.826. The highest BCUT2D eigenvalue weighted by Crippen LogP contribution is 2.31. The van der Waals surface area contributed by atoms with Crippen LogP contribution in [0.2, 0.25) is 5.02 Å². The lowest BCUT2D eigenvalue weighted by atomic mass is 9.93. The summed E-state index contributed by atoms with van der Waals surface area (Å²) in [6.07, 6.45) is 5.08. The summed E-state index contributed by atoms with van der Waals surface area (Å²) in [7, 11) is -3.36. The molecule has 1 unspecified atom stereocenters. The molecular formula is C18H23ClN2O4S. The van der Waals surface area contributed by atoms with Crippen molar-refractivity contribution in [3.63, 3.8) is 0 Å². The van der Waals surface area contributed by atoms with Gasteiger partial charge in [-0.05, 0) is 43.4 Å². The monoisotopic (exact) mass is 398 g/mol. The van der Waals surface area contributed by atoms with Gasteiger partial charge < -0.3 is 4.90 Å². The molecule has 0 radical (unpaired) electrons. The van der Waals surface area contributed by atoms with Gasteiger partial charge in [-0.1, -0.05) is 17.7 Å². The summed E-state index contributed by atoms with van der Waals surface area (Å²) in [4.78, 5) is 26.1.